The maximum atomic E-state index is 13.3. The van der Waals surface area contributed by atoms with Crippen molar-refractivity contribution < 1.29 is 4.79 Å². The molecule has 126 valence electrons. The van der Waals surface area contributed by atoms with E-state index in [4.69, 9.17) is 0 Å². The van der Waals surface area contributed by atoms with Gasteiger partial charge in [-0.15, -0.1) is 4.80 Å². The third-order valence-corrected chi connectivity index (χ3v) is 5.25. The minimum Gasteiger partial charge on any atom is -0.334 e. The van der Waals surface area contributed by atoms with Crippen LogP contribution < -0.4 is 0 Å². The summed E-state index contributed by atoms with van der Waals surface area (Å²) < 4.78 is 0. The molecule has 0 bridgehead atoms. The van der Waals surface area contributed by atoms with Crippen LogP contribution in [0.25, 0.3) is 5.69 Å². The molecule has 0 aromatic carbocycles. The van der Waals surface area contributed by atoms with Crippen molar-refractivity contribution in [3.8, 4) is 5.69 Å². The number of fused-ring (bicyclic) bond motifs is 1. The molecular formula is C18H23N5O. The Kier molecular flexibility index (Phi) is 3.82. The molecule has 24 heavy (non-hydrogen) atoms. The Hall–Kier alpha value is -2.24. The number of piperidine rings is 1. The molecule has 4 rings (SSSR count). The summed E-state index contributed by atoms with van der Waals surface area (Å²) in [7, 11) is 0. The fourth-order valence-electron chi connectivity index (χ4n) is 3.90. The smallest absolute Gasteiger partial charge is 0.275 e. The number of aromatic nitrogens is 4. The highest BCUT2D eigenvalue weighted by molar-refractivity contribution is 5.96. The minimum atomic E-state index is 0.0230. The zero-order valence-corrected chi connectivity index (χ0v) is 14.2. The lowest BCUT2D eigenvalue weighted by Crippen LogP contribution is -2.45. The molecule has 3 atom stereocenters. The van der Waals surface area contributed by atoms with Crippen molar-refractivity contribution in [2.24, 2.45) is 11.8 Å². The number of carbonyl (C=O) groups excluding carboxylic acids is 1. The maximum absolute atomic E-state index is 13.3. The van der Waals surface area contributed by atoms with Gasteiger partial charge in [0.1, 0.15) is 5.69 Å². The van der Waals surface area contributed by atoms with Crippen LogP contribution in [0.2, 0.25) is 0 Å². The molecule has 6 nitrogen and oxygen atoms in total. The van der Waals surface area contributed by atoms with E-state index in [9.17, 15) is 4.79 Å². The Morgan fingerprint density at radius 2 is 2.00 bits per heavy atom. The lowest BCUT2D eigenvalue weighted by molar-refractivity contribution is 0.0580. The van der Waals surface area contributed by atoms with Gasteiger partial charge < -0.3 is 4.90 Å². The van der Waals surface area contributed by atoms with Crippen molar-refractivity contribution in [1.82, 2.24) is 24.9 Å². The lowest BCUT2D eigenvalue weighted by atomic mass is 9.97. The van der Waals surface area contributed by atoms with Gasteiger partial charge in [0.2, 0.25) is 0 Å². The first-order valence-electron chi connectivity index (χ1n) is 8.82. The van der Waals surface area contributed by atoms with Crippen molar-refractivity contribution in [2.75, 3.05) is 6.54 Å². The van der Waals surface area contributed by atoms with Gasteiger partial charge in [-0.05, 0) is 50.2 Å². The Balaban J connectivity index is 1.69. The van der Waals surface area contributed by atoms with Crippen LogP contribution in [0.3, 0.4) is 0 Å². The van der Waals surface area contributed by atoms with Crippen LogP contribution >= 0.6 is 0 Å². The summed E-state index contributed by atoms with van der Waals surface area (Å²) in [5.74, 6) is 1.55. The molecule has 1 saturated carbocycles. The first-order valence-corrected chi connectivity index (χ1v) is 8.82. The molecular weight excluding hydrogens is 302 g/mol. The summed E-state index contributed by atoms with van der Waals surface area (Å²) in [5.41, 5.74) is 1.96. The largest absolute Gasteiger partial charge is 0.334 e. The van der Waals surface area contributed by atoms with E-state index in [-0.39, 0.29) is 5.91 Å². The van der Waals surface area contributed by atoms with E-state index in [1.54, 1.807) is 12.4 Å². The van der Waals surface area contributed by atoms with Crippen LogP contribution in [-0.2, 0) is 0 Å². The number of hydrogen-bond donors (Lipinski definition) is 0. The third-order valence-electron chi connectivity index (χ3n) is 5.25. The minimum absolute atomic E-state index is 0.0230. The van der Waals surface area contributed by atoms with Gasteiger partial charge in [0.05, 0.1) is 12.4 Å². The first kappa shape index (κ1) is 15.3. The average molecular weight is 325 g/mol. The van der Waals surface area contributed by atoms with Gasteiger partial charge in [-0.25, -0.2) is 4.98 Å². The topological polar surface area (TPSA) is 63.9 Å². The van der Waals surface area contributed by atoms with Gasteiger partial charge in [0.25, 0.3) is 5.91 Å². The number of carbonyl (C=O) groups is 1. The SMILES string of the molecule is CCCC1CC2CC2CN1C(=O)c1nc(C)ccc1-n1nccn1. The summed E-state index contributed by atoms with van der Waals surface area (Å²) in [6, 6.07) is 4.12. The molecule has 1 saturated heterocycles. The van der Waals surface area contributed by atoms with Crippen molar-refractivity contribution in [1.29, 1.82) is 0 Å². The van der Waals surface area contributed by atoms with Crippen LogP contribution in [0, 0.1) is 18.8 Å². The number of likely N-dealkylation sites (tertiary alicyclic amines) is 1. The zero-order chi connectivity index (χ0) is 16.7. The van der Waals surface area contributed by atoms with E-state index in [0.717, 1.165) is 37.4 Å². The molecule has 0 radical (unpaired) electrons. The van der Waals surface area contributed by atoms with Crippen molar-refractivity contribution in [2.45, 2.75) is 45.6 Å². The molecule has 2 aromatic heterocycles. The summed E-state index contributed by atoms with van der Waals surface area (Å²) in [4.78, 5) is 21.4. The summed E-state index contributed by atoms with van der Waals surface area (Å²) in [6.45, 7) is 4.97. The van der Waals surface area contributed by atoms with E-state index >= 15 is 0 Å². The highest BCUT2D eigenvalue weighted by atomic mass is 16.2. The molecule has 0 spiro atoms. The molecule has 3 unspecified atom stereocenters. The fourth-order valence-corrected chi connectivity index (χ4v) is 3.90. The van der Waals surface area contributed by atoms with E-state index < -0.39 is 0 Å². The first-order chi connectivity index (χ1) is 11.7. The predicted octanol–water partition coefficient (Wildman–Crippen LogP) is 2.62. The van der Waals surface area contributed by atoms with Crippen LogP contribution in [0.15, 0.2) is 24.5 Å². The fraction of sp³-hybridized carbons (Fsp3) is 0.556. The van der Waals surface area contributed by atoms with Gasteiger partial charge in [0, 0.05) is 18.3 Å². The number of aryl methyl sites for hydroxylation is 1. The van der Waals surface area contributed by atoms with Crippen LogP contribution in [0.4, 0.5) is 0 Å². The quantitative estimate of drug-likeness (QED) is 0.867. The lowest BCUT2D eigenvalue weighted by Gasteiger charge is -2.35. The second-order valence-electron chi connectivity index (χ2n) is 7.03. The molecule has 1 amide bonds. The van der Waals surface area contributed by atoms with E-state index in [2.05, 4.69) is 27.0 Å². The zero-order valence-electron chi connectivity index (χ0n) is 14.2. The van der Waals surface area contributed by atoms with E-state index in [1.807, 2.05) is 19.1 Å². The van der Waals surface area contributed by atoms with Gasteiger partial charge in [0.15, 0.2) is 5.69 Å². The maximum Gasteiger partial charge on any atom is 0.275 e. The van der Waals surface area contributed by atoms with Crippen LogP contribution in [-0.4, -0.2) is 43.4 Å². The number of rotatable bonds is 4. The second kappa shape index (κ2) is 6.00. The van der Waals surface area contributed by atoms with Crippen molar-refractivity contribution >= 4 is 5.91 Å². The number of hydrogen-bond acceptors (Lipinski definition) is 4. The second-order valence-corrected chi connectivity index (χ2v) is 7.03. The van der Waals surface area contributed by atoms with Gasteiger partial charge >= 0.3 is 0 Å². The average Bonchev–Trinajstić information content (AvgIpc) is 3.12. The van der Waals surface area contributed by atoms with Gasteiger partial charge in [-0.2, -0.15) is 10.2 Å². The summed E-state index contributed by atoms with van der Waals surface area (Å²) >= 11 is 0. The number of pyridine rings is 1. The Morgan fingerprint density at radius 1 is 1.21 bits per heavy atom. The molecule has 1 aliphatic carbocycles. The highest BCUT2D eigenvalue weighted by Crippen LogP contribution is 2.48. The summed E-state index contributed by atoms with van der Waals surface area (Å²) in [6.07, 6.45) is 7.81. The molecule has 1 aliphatic heterocycles. The molecule has 3 heterocycles. The molecule has 2 fully saturated rings. The van der Waals surface area contributed by atoms with Gasteiger partial charge in [-0.3, -0.25) is 4.79 Å². The third kappa shape index (κ3) is 2.70. The van der Waals surface area contributed by atoms with E-state index in [0.29, 0.717) is 23.3 Å². The molecule has 0 N–H and O–H groups in total. The van der Waals surface area contributed by atoms with Crippen molar-refractivity contribution in [3.63, 3.8) is 0 Å². The molecule has 2 aliphatic rings. The van der Waals surface area contributed by atoms with Crippen LogP contribution in [0.5, 0.6) is 0 Å². The summed E-state index contributed by atoms with van der Waals surface area (Å²) in [5, 5.41) is 8.36. The Labute approximate surface area is 141 Å². The predicted molar refractivity (Wildman–Crippen MR) is 89.8 cm³/mol. The number of nitrogens with zero attached hydrogens (tertiary/aromatic N) is 5. The molecule has 2 aromatic rings. The van der Waals surface area contributed by atoms with Gasteiger partial charge in [-0.1, -0.05) is 13.3 Å². The van der Waals surface area contributed by atoms with Crippen LogP contribution in [0.1, 0.15) is 48.8 Å². The normalized spacial score (nSPS) is 25.4. The monoisotopic (exact) mass is 325 g/mol. The van der Waals surface area contributed by atoms with E-state index in [1.165, 1.54) is 11.2 Å². The molecule has 6 heteroatoms. The standard InChI is InChI=1S/C18H23N5O/c1-3-4-15-10-13-9-14(13)11-22(15)18(24)17-16(6-5-12(2)21-17)23-19-7-8-20-23/h5-8,13-15H,3-4,9-11H2,1-2H3. The number of amides is 1. The van der Waals surface area contributed by atoms with Crippen molar-refractivity contribution in [3.05, 3.63) is 35.9 Å². The Morgan fingerprint density at radius 3 is 2.75 bits per heavy atom. The highest BCUT2D eigenvalue weighted by Gasteiger charge is 2.47. The Bertz CT molecular complexity index is 742.